The van der Waals surface area contributed by atoms with Crippen LogP contribution < -0.4 is 5.32 Å². The van der Waals surface area contributed by atoms with Crippen LogP contribution in [0.15, 0.2) is 6.33 Å². The fourth-order valence-electron chi connectivity index (χ4n) is 2.30. The van der Waals surface area contributed by atoms with E-state index in [1.165, 1.54) is 17.9 Å². The largest absolute Gasteiger partial charge is 0.313 e. The van der Waals surface area contributed by atoms with Gasteiger partial charge in [0.05, 0.1) is 0 Å². The van der Waals surface area contributed by atoms with E-state index in [1.807, 2.05) is 4.68 Å². The average Bonchev–Trinajstić information content (AvgIpc) is 2.96. The van der Waals surface area contributed by atoms with Crippen molar-refractivity contribution in [3.8, 4) is 0 Å². The van der Waals surface area contributed by atoms with E-state index in [0.717, 1.165) is 25.3 Å². The first-order valence-electron chi connectivity index (χ1n) is 6.53. The number of aryl methyl sites for hydroxylation is 1. The molecule has 1 aliphatic rings. The van der Waals surface area contributed by atoms with Crippen LogP contribution in [-0.4, -0.2) is 38.9 Å². The fraction of sp³-hybridized carbons (Fsp3) is 0.833. The lowest BCUT2D eigenvalue weighted by Gasteiger charge is -2.19. The number of thioether (sulfide) groups is 1. The number of nitrogens with zero attached hydrogens (tertiary/aromatic N) is 3. The highest BCUT2D eigenvalue weighted by Gasteiger charge is 2.28. The van der Waals surface area contributed by atoms with Crippen molar-refractivity contribution < 1.29 is 0 Å². The molecule has 1 N–H and O–H groups in total. The van der Waals surface area contributed by atoms with Gasteiger partial charge in [0.25, 0.3) is 0 Å². The van der Waals surface area contributed by atoms with Crippen LogP contribution in [0.5, 0.6) is 0 Å². The highest BCUT2D eigenvalue weighted by atomic mass is 32.2. The lowest BCUT2D eigenvalue weighted by atomic mass is 9.99. The molecule has 0 saturated carbocycles. The Morgan fingerprint density at radius 1 is 1.47 bits per heavy atom. The molecule has 2 rings (SSSR count). The molecule has 0 amide bonds. The van der Waals surface area contributed by atoms with E-state index < -0.39 is 0 Å². The maximum absolute atomic E-state index is 4.38. The molecule has 5 heteroatoms. The van der Waals surface area contributed by atoms with Gasteiger partial charge in [0.15, 0.2) is 0 Å². The van der Waals surface area contributed by atoms with Gasteiger partial charge in [0, 0.05) is 24.8 Å². The highest BCUT2D eigenvalue weighted by Crippen LogP contribution is 2.26. The summed E-state index contributed by atoms with van der Waals surface area (Å²) in [6, 6.07) is 0.655. The monoisotopic (exact) mass is 254 g/mol. The van der Waals surface area contributed by atoms with Crippen LogP contribution >= 0.6 is 11.8 Å². The number of hydrogen-bond donors (Lipinski definition) is 1. The molecular formula is C12H22N4S. The maximum atomic E-state index is 4.38. The zero-order chi connectivity index (χ0) is 12.1. The van der Waals surface area contributed by atoms with E-state index in [1.54, 1.807) is 6.33 Å². The van der Waals surface area contributed by atoms with Gasteiger partial charge in [-0.1, -0.05) is 6.92 Å². The molecule has 2 heterocycles. The van der Waals surface area contributed by atoms with Crippen molar-refractivity contribution >= 4 is 11.8 Å². The summed E-state index contributed by atoms with van der Waals surface area (Å²) in [5, 5.41) is 7.90. The summed E-state index contributed by atoms with van der Waals surface area (Å²) in [6.45, 7) is 6.39. The van der Waals surface area contributed by atoms with Crippen molar-refractivity contribution in [1.29, 1.82) is 0 Å². The Labute approximate surface area is 108 Å². The van der Waals surface area contributed by atoms with Gasteiger partial charge < -0.3 is 5.32 Å². The zero-order valence-corrected chi connectivity index (χ0v) is 11.5. The Kier molecular flexibility index (Phi) is 4.86. The van der Waals surface area contributed by atoms with Crippen molar-refractivity contribution in [3.05, 3.63) is 12.2 Å². The van der Waals surface area contributed by atoms with Gasteiger partial charge in [0.1, 0.15) is 12.2 Å². The lowest BCUT2D eigenvalue weighted by molar-refractivity contribution is 0.410. The van der Waals surface area contributed by atoms with Crippen molar-refractivity contribution in [2.75, 3.05) is 18.1 Å². The first kappa shape index (κ1) is 12.9. The van der Waals surface area contributed by atoms with Crippen LogP contribution in [0.3, 0.4) is 0 Å². The van der Waals surface area contributed by atoms with Gasteiger partial charge in [-0.15, -0.1) is 0 Å². The summed E-state index contributed by atoms with van der Waals surface area (Å²) in [6.07, 6.45) is 3.94. The normalized spacial score (nSPS) is 24.4. The predicted molar refractivity (Wildman–Crippen MR) is 72.3 cm³/mol. The standard InChI is InChI=1S/C12H22N4S/c1-3-5-13-11-8-17-7-10(11)6-12-14-9-15-16(12)4-2/h9-11,13H,3-8H2,1-2H3. The van der Waals surface area contributed by atoms with E-state index in [4.69, 9.17) is 0 Å². The van der Waals surface area contributed by atoms with Gasteiger partial charge >= 0.3 is 0 Å². The minimum Gasteiger partial charge on any atom is -0.313 e. The highest BCUT2D eigenvalue weighted by molar-refractivity contribution is 7.99. The predicted octanol–water partition coefficient (Wildman–Crippen LogP) is 1.57. The average molecular weight is 254 g/mol. The zero-order valence-electron chi connectivity index (χ0n) is 10.7. The first-order chi connectivity index (χ1) is 8.35. The van der Waals surface area contributed by atoms with Crippen LogP contribution in [0.2, 0.25) is 0 Å². The van der Waals surface area contributed by atoms with Crippen molar-refractivity contribution in [1.82, 2.24) is 20.1 Å². The molecular weight excluding hydrogens is 232 g/mol. The second-order valence-electron chi connectivity index (χ2n) is 4.55. The number of rotatable bonds is 6. The summed E-state index contributed by atoms with van der Waals surface area (Å²) >= 11 is 2.06. The van der Waals surface area contributed by atoms with E-state index in [0.29, 0.717) is 12.0 Å². The molecule has 1 aliphatic heterocycles. The third-order valence-electron chi connectivity index (χ3n) is 3.29. The molecule has 0 aromatic carbocycles. The molecule has 1 saturated heterocycles. The molecule has 0 aliphatic carbocycles. The molecule has 0 spiro atoms. The van der Waals surface area contributed by atoms with Crippen LogP contribution in [0, 0.1) is 5.92 Å². The van der Waals surface area contributed by atoms with Crippen LogP contribution in [-0.2, 0) is 13.0 Å². The molecule has 17 heavy (non-hydrogen) atoms. The topological polar surface area (TPSA) is 42.7 Å². The van der Waals surface area contributed by atoms with Crippen molar-refractivity contribution in [3.63, 3.8) is 0 Å². The molecule has 1 aromatic heterocycles. The Balaban J connectivity index is 1.93. The summed E-state index contributed by atoms with van der Waals surface area (Å²) in [7, 11) is 0. The molecule has 96 valence electrons. The second-order valence-corrected chi connectivity index (χ2v) is 5.63. The van der Waals surface area contributed by atoms with E-state index in [-0.39, 0.29) is 0 Å². The number of aromatic nitrogens is 3. The van der Waals surface area contributed by atoms with Gasteiger partial charge in [-0.05, 0) is 31.6 Å². The van der Waals surface area contributed by atoms with E-state index >= 15 is 0 Å². The molecule has 2 atom stereocenters. The van der Waals surface area contributed by atoms with Gasteiger partial charge in [-0.25, -0.2) is 4.98 Å². The first-order valence-corrected chi connectivity index (χ1v) is 7.68. The van der Waals surface area contributed by atoms with Gasteiger partial charge in [-0.3, -0.25) is 4.68 Å². The summed E-state index contributed by atoms with van der Waals surface area (Å²) in [4.78, 5) is 4.38. The number of hydrogen-bond acceptors (Lipinski definition) is 4. The lowest BCUT2D eigenvalue weighted by Crippen LogP contribution is -2.37. The van der Waals surface area contributed by atoms with Crippen LogP contribution in [0.4, 0.5) is 0 Å². The third-order valence-corrected chi connectivity index (χ3v) is 4.55. The minimum absolute atomic E-state index is 0.655. The molecule has 0 radical (unpaired) electrons. The van der Waals surface area contributed by atoms with E-state index in [2.05, 4.69) is 41.0 Å². The second kappa shape index (κ2) is 6.40. The SMILES string of the molecule is CCCNC1CSCC1Cc1ncnn1CC. The molecule has 1 aromatic rings. The van der Waals surface area contributed by atoms with Gasteiger partial charge in [0.2, 0.25) is 0 Å². The Hall–Kier alpha value is -0.550. The Morgan fingerprint density at radius 2 is 2.35 bits per heavy atom. The summed E-state index contributed by atoms with van der Waals surface area (Å²) < 4.78 is 2.01. The summed E-state index contributed by atoms with van der Waals surface area (Å²) in [5.41, 5.74) is 0. The van der Waals surface area contributed by atoms with Crippen molar-refractivity contribution in [2.45, 2.75) is 39.3 Å². The molecule has 0 bridgehead atoms. The van der Waals surface area contributed by atoms with Crippen molar-refractivity contribution in [2.24, 2.45) is 5.92 Å². The Morgan fingerprint density at radius 3 is 3.12 bits per heavy atom. The summed E-state index contributed by atoms with van der Waals surface area (Å²) in [5.74, 6) is 4.34. The van der Waals surface area contributed by atoms with Crippen LogP contribution in [0.25, 0.3) is 0 Å². The molecule has 4 nitrogen and oxygen atoms in total. The van der Waals surface area contributed by atoms with E-state index in [9.17, 15) is 0 Å². The number of nitrogens with one attached hydrogen (secondary N) is 1. The fourth-order valence-corrected chi connectivity index (χ4v) is 3.73. The Bertz CT molecular complexity index is 339. The smallest absolute Gasteiger partial charge is 0.138 e. The van der Waals surface area contributed by atoms with Crippen LogP contribution in [0.1, 0.15) is 26.1 Å². The third kappa shape index (κ3) is 3.22. The minimum atomic E-state index is 0.655. The molecule has 2 unspecified atom stereocenters. The van der Waals surface area contributed by atoms with Gasteiger partial charge in [-0.2, -0.15) is 16.9 Å². The quantitative estimate of drug-likeness (QED) is 0.837. The molecule has 1 fully saturated rings. The maximum Gasteiger partial charge on any atom is 0.138 e.